The summed E-state index contributed by atoms with van der Waals surface area (Å²) in [6, 6.07) is 13.3. The van der Waals surface area contributed by atoms with E-state index in [1.54, 1.807) is 6.20 Å². The minimum Gasteiger partial charge on any atom is -0.445 e. The van der Waals surface area contributed by atoms with Crippen LogP contribution in [0.15, 0.2) is 48.7 Å². The molecule has 0 unspecified atom stereocenters. The molecule has 0 fully saturated rings. The fourth-order valence-electron chi connectivity index (χ4n) is 1.78. The highest BCUT2D eigenvalue weighted by Crippen LogP contribution is 2.01. The number of hydrogen-bond donors (Lipinski definition) is 1. The van der Waals surface area contributed by atoms with Crippen molar-refractivity contribution in [2.24, 2.45) is 0 Å². The molecule has 112 valence electrons. The molecular weight excluding hydrogens is 276 g/mol. The van der Waals surface area contributed by atoms with Crippen LogP contribution in [-0.4, -0.2) is 17.6 Å². The Kier molecular flexibility index (Phi) is 6.01. The van der Waals surface area contributed by atoms with Gasteiger partial charge in [0, 0.05) is 24.7 Å². The van der Waals surface area contributed by atoms with E-state index in [1.807, 2.05) is 49.4 Å². The van der Waals surface area contributed by atoms with E-state index in [-0.39, 0.29) is 6.61 Å². The molecule has 1 aromatic heterocycles. The van der Waals surface area contributed by atoms with E-state index in [1.165, 1.54) is 0 Å². The molecule has 0 atom stereocenters. The molecule has 0 aliphatic carbocycles. The normalized spacial score (nSPS) is 9.50. The molecule has 1 N–H and O–H groups in total. The zero-order valence-electron chi connectivity index (χ0n) is 12.5. The maximum Gasteiger partial charge on any atom is 0.407 e. The minimum absolute atomic E-state index is 0.271. The zero-order chi connectivity index (χ0) is 15.6. The number of benzene rings is 1. The van der Waals surface area contributed by atoms with Gasteiger partial charge in [0.25, 0.3) is 0 Å². The van der Waals surface area contributed by atoms with Gasteiger partial charge in [-0.1, -0.05) is 42.2 Å². The van der Waals surface area contributed by atoms with E-state index in [4.69, 9.17) is 4.74 Å². The van der Waals surface area contributed by atoms with Crippen molar-refractivity contribution < 1.29 is 9.53 Å². The van der Waals surface area contributed by atoms with Gasteiger partial charge in [-0.3, -0.25) is 4.98 Å². The lowest BCUT2D eigenvalue weighted by molar-refractivity contribution is 0.140. The zero-order valence-corrected chi connectivity index (χ0v) is 12.5. The van der Waals surface area contributed by atoms with Gasteiger partial charge >= 0.3 is 6.09 Å². The number of ether oxygens (including phenoxy) is 1. The SMILES string of the molecule is Cc1ncccc1C#CCCNC(=O)OCc1ccccc1. The van der Waals surface area contributed by atoms with Crippen LogP contribution in [0.3, 0.4) is 0 Å². The molecule has 0 bridgehead atoms. The summed E-state index contributed by atoms with van der Waals surface area (Å²) in [6.45, 7) is 2.65. The van der Waals surface area contributed by atoms with Crippen LogP contribution in [-0.2, 0) is 11.3 Å². The number of nitrogens with zero attached hydrogens (tertiary/aromatic N) is 1. The summed E-state index contributed by atoms with van der Waals surface area (Å²) in [6.07, 6.45) is 1.88. The summed E-state index contributed by atoms with van der Waals surface area (Å²) in [7, 11) is 0. The lowest BCUT2D eigenvalue weighted by Crippen LogP contribution is -2.24. The van der Waals surface area contributed by atoms with Gasteiger partial charge < -0.3 is 10.1 Å². The molecule has 0 spiro atoms. The molecule has 1 heterocycles. The van der Waals surface area contributed by atoms with Gasteiger partial charge in [0.15, 0.2) is 0 Å². The van der Waals surface area contributed by atoms with Crippen molar-refractivity contribution in [1.82, 2.24) is 10.3 Å². The van der Waals surface area contributed by atoms with Crippen molar-refractivity contribution in [3.8, 4) is 11.8 Å². The Balaban J connectivity index is 1.67. The number of amides is 1. The molecule has 0 aliphatic heterocycles. The Morgan fingerprint density at radius 1 is 1.23 bits per heavy atom. The monoisotopic (exact) mass is 294 g/mol. The van der Waals surface area contributed by atoms with Gasteiger partial charge in [-0.15, -0.1) is 0 Å². The smallest absolute Gasteiger partial charge is 0.407 e. The fraction of sp³-hybridized carbons (Fsp3) is 0.222. The largest absolute Gasteiger partial charge is 0.445 e. The third-order valence-electron chi connectivity index (χ3n) is 2.96. The summed E-state index contributed by atoms with van der Waals surface area (Å²) in [5.74, 6) is 6.05. The van der Waals surface area contributed by atoms with E-state index < -0.39 is 6.09 Å². The predicted octanol–water partition coefficient (Wildman–Crippen LogP) is 3.06. The van der Waals surface area contributed by atoms with Crippen LogP contribution in [0.5, 0.6) is 0 Å². The average molecular weight is 294 g/mol. The molecular formula is C18H18N2O2. The highest BCUT2D eigenvalue weighted by atomic mass is 16.5. The van der Waals surface area contributed by atoms with Crippen LogP contribution >= 0.6 is 0 Å². The van der Waals surface area contributed by atoms with E-state index in [2.05, 4.69) is 22.1 Å². The van der Waals surface area contributed by atoms with Crippen molar-refractivity contribution in [3.05, 3.63) is 65.5 Å². The fourth-order valence-corrected chi connectivity index (χ4v) is 1.78. The predicted molar refractivity (Wildman–Crippen MR) is 85.1 cm³/mol. The van der Waals surface area contributed by atoms with Crippen LogP contribution in [0.4, 0.5) is 4.79 Å². The van der Waals surface area contributed by atoms with Gasteiger partial charge in [0.2, 0.25) is 0 Å². The lowest BCUT2D eigenvalue weighted by atomic mass is 10.2. The first-order valence-corrected chi connectivity index (χ1v) is 7.11. The van der Waals surface area contributed by atoms with Gasteiger partial charge in [-0.05, 0) is 24.6 Å². The number of rotatable bonds is 4. The third-order valence-corrected chi connectivity index (χ3v) is 2.96. The third kappa shape index (κ3) is 5.29. The highest BCUT2D eigenvalue weighted by molar-refractivity contribution is 5.67. The van der Waals surface area contributed by atoms with Crippen molar-refractivity contribution in [1.29, 1.82) is 0 Å². The minimum atomic E-state index is -0.428. The first-order valence-electron chi connectivity index (χ1n) is 7.11. The van der Waals surface area contributed by atoms with Gasteiger partial charge in [-0.25, -0.2) is 4.79 Å². The van der Waals surface area contributed by atoms with Gasteiger partial charge in [0.1, 0.15) is 6.61 Å². The quantitative estimate of drug-likeness (QED) is 0.696. The van der Waals surface area contributed by atoms with Crippen molar-refractivity contribution in [3.63, 3.8) is 0 Å². The summed E-state index contributed by atoms with van der Waals surface area (Å²) >= 11 is 0. The molecule has 22 heavy (non-hydrogen) atoms. The van der Waals surface area contributed by atoms with Crippen LogP contribution in [0.2, 0.25) is 0 Å². The Morgan fingerprint density at radius 2 is 2.05 bits per heavy atom. The van der Waals surface area contributed by atoms with Crippen molar-refractivity contribution >= 4 is 6.09 Å². The molecule has 1 aromatic carbocycles. The summed E-state index contributed by atoms with van der Waals surface area (Å²) in [5.41, 5.74) is 2.78. The molecule has 0 radical (unpaired) electrons. The number of nitrogens with one attached hydrogen (secondary N) is 1. The maximum atomic E-state index is 11.5. The molecule has 4 nitrogen and oxygen atoms in total. The molecule has 0 saturated heterocycles. The number of aromatic nitrogens is 1. The first kappa shape index (κ1) is 15.6. The van der Waals surface area contributed by atoms with E-state index in [9.17, 15) is 4.79 Å². The first-order chi connectivity index (χ1) is 10.8. The molecule has 0 aliphatic rings. The Bertz CT molecular complexity index is 672. The number of pyridine rings is 1. The Hall–Kier alpha value is -2.80. The number of alkyl carbamates (subject to hydrolysis) is 1. The number of carbonyl (C=O) groups is 1. The lowest BCUT2D eigenvalue weighted by Gasteiger charge is -2.05. The molecule has 2 aromatic rings. The van der Waals surface area contributed by atoms with E-state index >= 15 is 0 Å². The molecule has 0 saturated carbocycles. The average Bonchev–Trinajstić information content (AvgIpc) is 2.55. The Morgan fingerprint density at radius 3 is 2.82 bits per heavy atom. The highest BCUT2D eigenvalue weighted by Gasteiger charge is 2.00. The summed E-state index contributed by atoms with van der Waals surface area (Å²) < 4.78 is 5.10. The van der Waals surface area contributed by atoms with Crippen LogP contribution in [0.1, 0.15) is 23.2 Å². The Labute approximate surface area is 130 Å². The standard InChI is InChI=1S/C18H18N2O2/c1-15-17(11-7-13-19-15)10-5-6-12-20-18(21)22-14-16-8-3-2-4-9-16/h2-4,7-9,11,13H,6,12,14H2,1H3,(H,20,21). The van der Waals surface area contributed by atoms with Crippen molar-refractivity contribution in [2.75, 3.05) is 6.54 Å². The molecule has 2 rings (SSSR count). The van der Waals surface area contributed by atoms with Gasteiger partial charge in [-0.2, -0.15) is 0 Å². The second kappa shape index (κ2) is 8.48. The second-order valence-corrected chi connectivity index (χ2v) is 4.68. The topological polar surface area (TPSA) is 51.2 Å². The van der Waals surface area contributed by atoms with E-state index in [0.29, 0.717) is 13.0 Å². The molecule has 1 amide bonds. The van der Waals surface area contributed by atoms with Crippen molar-refractivity contribution in [2.45, 2.75) is 20.0 Å². The van der Waals surface area contributed by atoms with Crippen LogP contribution in [0, 0.1) is 18.8 Å². The summed E-state index contributed by atoms with van der Waals surface area (Å²) in [5, 5.41) is 2.67. The number of aryl methyl sites for hydroxylation is 1. The number of carbonyl (C=O) groups excluding carboxylic acids is 1. The van der Waals surface area contributed by atoms with Crippen LogP contribution < -0.4 is 5.32 Å². The van der Waals surface area contributed by atoms with E-state index in [0.717, 1.165) is 16.8 Å². The summed E-state index contributed by atoms with van der Waals surface area (Å²) in [4.78, 5) is 15.7. The molecule has 4 heteroatoms. The number of hydrogen-bond acceptors (Lipinski definition) is 3. The maximum absolute atomic E-state index is 11.5. The van der Waals surface area contributed by atoms with Crippen LogP contribution in [0.25, 0.3) is 0 Å². The van der Waals surface area contributed by atoms with Gasteiger partial charge in [0.05, 0.1) is 5.69 Å². The second-order valence-electron chi connectivity index (χ2n) is 4.68.